The number of hydrogen-bond acceptors (Lipinski definition) is 6. The first-order chi connectivity index (χ1) is 13.6. The molecule has 0 aliphatic carbocycles. The van der Waals surface area contributed by atoms with Crippen LogP contribution >= 0.6 is 0 Å². The summed E-state index contributed by atoms with van der Waals surface area (Å²) in [5.41, 5.74) is 7.00. The van der Waals surface area contributed by atoms with Gasteiger partial charge in [0, 0.05) is 25.4 Å². The molecule has 7 heteroatoms. The molecule has 2 aliphatic rings. The fourth-order valence-electron chi connectivity index (χ4n) is 3.86. The standard InChI is InChI=1S/C21H33N3O4/c1-15-5-6-17(20-19(15)27-11-4-12-28-20)21(26)23-13-16-7-10-24(14-18(16)25)9-3-2-8-22/h5-6,16,18,25H,2-4,7-14,22H2,1H3,(H,23,26)/t16-,18+/m0/s1. The first kappa shape index (κ1) is 20.9. The third-order valence-corrected chi connectivity index (χ3v) is 5.59. The van der Waals surface area contributed by atoms with Gasteiger partial charge in [-0.05, 0) is 57.5 Å². The molecule has 28 heavy (non-hydrogen) atoms. The Hall–Kier alpha value is -1.83. The quantitative estimate of drug-likeness (QED) is 0.607. The average molecular weight is 392 g/mol. The van der Waals surface area contributed by atoms with Crippen LogP contribution in [-0.4, -0.2) is 68.0 Å². The second-order valence-corrected chi connectivity index (χ2v) is 7.76. The zero-order valence-corrected chi connectivity index (χ0v) is 16.8. The molecule has 1 amide bonds. The Bertz CT molecular complexity index is 667. The van der Waals surface area contributed by atoms with E-state index in [1.54, 1.807) is 6.07 Å². The van der Waals surface area contributed by atoms with Gasteiger partial charge in [-0.25, -0.2) is 0 Å². The van der Waals surface area contributed by atoms with Crippen molar-refractivity contribution in [2.24, 2.45) is 11.7 Å². The van der Waals surface area contributed by atoms with Gasteiger partial charge in [0.2, 0.25) is 0 Å². The number of aliphatic hydroxyl groups excluding tert-OH is 1. The molecule has 156 valence electrons. The van der Waals surface area contributed by atoms with E-state index in [9.17, 15) is 9.90 Å². The van der Waals surface area contributed by atoms with Gasteiger partial charge in [-0.1, -0.05) is 6.07 Å². The topological polar surface area (TPSA) is 97.1 Å². The average Bonchev–Trinajstić information content (AvgIpc) is 2.94. The number of likely N-dealkylation sites (tertiary alicyclic amines) is 1. The summed E-state index contributed by atoms with van der Waals surface area (Å²) in [7, 11) is 0. The molecule has 2 atom stereocenters. The lowest BCUT2D eigenvalue weighted by molar-refractivity contribution is 0.0216. The number of piperidine rings is 1. The maximum Gasteiger partial charge on any atom is 0.255 e. The first-order valence-corrected chi connectivity index (χ1v) is 10.4. The van der Waals surface area contributed by atoms with Crippen molar-refractivity contribution in [2.45, 2.75) is 38.7 Å². The number of amides is 1. The molecule has 0 saturated carbocycles. The van der Waals surface area contributed by atoms with Crippen molar-refractivity contribution >= 4 is 5.91 Å². The predicted octanol–water partition coefficient (Wildman–Crippen LogP) is 1.31. The Kier molecular flexibility index (Phi) is 7.53. The number of benzene rings is 1. The van der Waals surface area contributed by atoms with E-state index >= 15 is 0 Å². The number of ether oxygens (including phenoxy) is 2. The molecule has 1 saturated heterocycles. The number of fused-ring (bicyclic) bond motifs is 1. The van der Waals surface area contributed by atoms with E-state index in [1.807, 2.05) is 13.0 Å². The Balaban J connectivity index is 1.55. The Labute approximate surface area is 167 Å². The van der Waals surface area contributed by atoms with Crippen LogP contribution in [0.25, 0.3) is 0 Å². The Morgan fingerprint density at radius 2 is 2.07 bits per heavy atom. The normalized spacial score (nSPS) is 22.5. The number of carbonyl (C=O) groups excluding carboxylic acids is 1. The van der Waals surface area contributed by atoms with Gasteiger partial charge >= 0.3 is 0 Å². The van der Waals surface area contributed by atoms with Crippen LogP contribution in [0.1, 0.15) is 41.6 Å². The van der Waals surface area contributed by atoms with Crippen LogP contribution < -0.4 is 20.5 Å². The Morgan fingerprint density at radius 3 is 2.82 bits per heavy atom. The molecule has 2 aliphatic heterocycles. The molecule has 0 radical (unpaired) electrons. The van der Waals surface area contributed by atoms with Crippen LogP contribution in [0.3, 0.4) is 0 Å². The van der Waals surface area contributed by atoms with Crippen LogP contribution in [0.15, 0.2) is 12.1 Å². The van der Waals surface area contributed by atoms with E-state index in [2.05, 4.69) is 10.2 Å². The highest BCUT2D eigenvalue weighted by atomic mass is 16.5. The zero-order chi connectivity index (χ0) is 19.9. The Morgan fingerprint density at radius 1 is 1.29 bits per heavy atom. The molecular weight excluding hydrogens is 358 g/mol. The lowest BCUT2D eigenvalue weighted by Crippen LogP contribution is -2.47. The van der Waals surface area contributed by atoms with Gasteiger partial charge in [0.25, 0.3) is 5.91 Å². The van der Waals surface area contributed by atoms with Gasteiger partial charge in [0.15, 0.2) is 11.5 Å². The summed E-state index contributed by atoms with van der Waals surface area (Å²) >= 11 is 0. The molecule has 0 bridgehead atoms. The van der Waals surface area contributed by atoms with Gasteiger partial charge in [-0.3, -0.25) is 4.79 Å². The fourth-order valence-corrected chi connectivity index (χ4v) is 3.86. The lowest BCUT2D eigenvalue weighted by atomic mass is 9.93. The number of aliphatic hydroxyl groups is 1. The van der Waals surface area contributed by atoms with E-state index in [-0.39, 0.29) is 11.8 Å². The summed E-state index contributed by atoms with van der Waals surface area (Å²) in [6.07, 6.45) is 3.31. The number of rotatable bonds is 7. The predicted molar refractivity (Wildman–Crippen MR) is 108 cm³/mol. The van der Waals surface area contributed by atoms with E-state index in [1.165, 1.54) is 0 Å². The molecule has 1 fully saturated rings. The molecule has 0 spiro atoms. The maximum atomic E-state index is 12.8. The molecule has 4 N–H and O–H groups in total. The fraction of sp³-hybridized carbons (Fsp3) is 0.667. The smallest absolute Gasteiger partial charge is 0.255 e. The van der Waals surface area contributed by atoms with Crippen LogP contribution in [0.5, 0.6) is 11.5 Å². The third kappa shape index (κ3) is 5.16. The van der Waals surface area contributed by atoms with E-state index in [0.29, 0.717) is 49.9 Å². The first-order valence-electron chi connectivity index (χ1n) is 10.4. The number of nitrogens with two attached hydrogens (primary N) is 1. The number of unbranched alkanes of at least 4 members (excludes halogenated alkanes) is 1. The minimum absolute atomic E-state index is 0.0657. The van der Waals surface area contributed by atoms with Gasteiger partial charge in [0.1, 0.15) is 0 Å². The minimum Gasteiger partial charge on any atom is -0.489 e. The maximum absolute atomic E-state index is 12.8. The van der Waals surface area contributed by atoms with E-state index in [4.69, 9.17) is 15.2 Å². The van der Waals surface area contributed by atoms with Crippen LogP contribution in [0.4, 0.5) is 0 Å². The molecule has 7 nitrogen and oxygen atoms in total. The van der Waals surface area contributed by atoms with Crippen molar-refractivity contribution < 1.29 is 19.4 Å². The second-order valence-electron chi connectivity index (χ2n) is 7.76. The van der Waals surface area contributed by atoms with Crippen LogP contribution in [-0.2, 0) is 0 Å². The summed E-state index contributed by atoms with van der Waals surface area (Å²) in [6.45, 7) is 6.82. The largest absolute Gasteiger partial charge is 0.489 e. The number of aryl methyl sites for hydroxylation is 1. The number of hydrogen-bond donors (Lipinski definition) is 3. The van der Waals surface area contributed by atoms with Gasteiger partial charge in [-0.2, -0.15) is 0 Å². The molecule has 1 aromatic carbocycles. The van der Waals surface area contributed by atoms with Crippen molar-refractivity contribution in [3.05, 3.63) is 23.3 Å². The molecule has 2 heterocycles. The molecular formula is C21H33N3O4. The van der Waals surface area contributed by atoms with Crippen molar-refractivity contribution in [1.82, 2.24) is 10.2 Å². The summed E-state index contributed by atoms with van der Waals surface area (Å²) in [4.78, 5) is 15.1. The van der Waals surface area contributed by atoms with Crippen molar-refractivity contribution in [2.75, 3.05) is 45.9 Å². The summed E-state index contributed by atoms with van der Waals surface area (Å²) in [6, 6.07) is 3.67. The van der Waals surface area contributed by atoms with Crippen molar-refractivity contribution in [3.8, 4) is 11.5 Å². The molecule has 0 aromatic heterocycles. The lowest BCUT2D eigenvalue weighted by Gasteiger charge is -2.36. The highest BCUT2D eigenvalue weighted by Gasteiger charge is 2.28. The highest BCUT2D eigenvalue weighted by molar-refractivity contribution is 5.98. The summed E-state index contributed by atoms with van der Waals surface area (Å²) in [5, 5.41) is 13.5. The van der Waals surface area contributed by atoms with E-state index in [0.717, 1.165) is 44.3 Å². The van der Waals surface area contributed by atoms with Crippen molar-refractivity contribution in [1.29, 1.82) is 0 Å². The minimum atomic E-state index is -0.429. The number of carbonyl (C=O) groups is 1. The molecule has 3 rings (SSSR count). The summed E-state index contributed by atoms with van der Waals surface area (Å²) in [5.74, 6) is 1.08. The summed E-state index contributed by atoms with van der Waals surface area (Å²) < 4.78 is 11.6. The van der Waals surface area contributed by atoms with Gasteiger partial charge in [0.05, 0.1) is 24.9 Å². The highest BCUT2D eigenvalue weighted by Crippen LogP contribution is 2.36. The molecule has 0 unspecified atom stereocenters. The van der Waals surface area contributed by atoms with Crippen LogP contribution in [0, 0.1) is 12.8 Å². The van der Waals surface area contributed by atoms with Crippen molar-refractivity contribution in [3.63, 3.8) is 0 Å². The number of β-amino-alcohol motifs (C(OH)–C–C–N with tert-alkyl or cyclic N) is 1. The SMILES string of the molecule is Cc1ccc(C(=O)NC[C@@H]2CCN(CCCCN)C[C@H]2O)c2c1OCCCO2. The second kappa shape index (κ2) is 10.1. The number of nitrogens with zero attached hydrogens (tertiary/aromatic N) is 1. The van der Waals surface area contributed by atoms with Gasteiger partial charge in [-0.15, -0.1) is 0 Å². The number of nitrogens with one attached hydrogen (secondary N) is 1. The third-order valence-electron chi connectivity index (χ3n) is 5.59. The zero-order valence-electron chi connectivity index (χ0n) is 16.8. The van der Waals surface area contributed by atoms with E-state index < -0.39 is 6.10 Å². The van der Waals surface area contributed by atoms with Gasteiger partial charge < -0.3 is 30.5 Å². The van der Waals surface area contributed by atoms with Crippen LogP contribution in [0.2, 0.25) is 0 Å². The monoisotopic (exact) mass is 391 g/mol. The molecule has 1 aromatic rings.